The number of aliphatic hydroxyl groups excluding tert-OH is 5. The van der Waals surface area contributed by atoms with E-state index in [0.29, 0.717) is 6.42 Å². The summed E-state index contributed by atoms with van der Waals surface area (Å²) < 4.78 is 11.3. The first kappa shape index (κ1) is 68.2. The molecule has 0 aliphatic carbocycles. The first-order valence-corrected chi connectivity index (χ1v) is 30.9. The number of aliphatic hydroxyl groups is 5. The summed E-state index contributed by atoms with van der Waals surface area (Å²) in [6, 6.07) is -0.829. The molecule has 9 heteroatoms. The van der Waals surface area contributed by atoms with Crippen LogP contribution in [0.25, 0.3) is 0 Å². The van der Waals surface area contributed by atoms with E-state index in [1.807, 2.05) is 6.08 Å². The van der Waals surface area contributed by atoms with Crippen LogP contribution < -0.4 is 5.32 Å². The summed E-state index contributed by atoms with van der Waals surface area (Å²) in [6.07, 6.45) is 63.3. The Labute approximate surface area is 444 Å². The SMILES string of the molecule is CCCCCCCCCC/C=C\CCCCCCCCCCCCCCCCCC(=O)NC(COC1OC(CO)C(O)C(O)C1O)C(O)/C=C/CC/C=C/CC/C=C/CCCCCCCCCCCCCC. The van der Waals surface area contributed by atoms with Crippen molar-refractivity contribution in [3.63, 3.8) is 0 Å². The van der Waals surface area contributed by atoms with Crippen LogP contribution in [0.2, 0.25) is 0 Å². The summed E-state index contributed by atoms with van der Waals surface area (Å²) in [5.74, 6) is -0.187. The number of unbranched alkanes of at least 4 members (excludes halogenated alkanes) is 37. The fraction of sp³-hybridized carbons (Fsp3) is 0.857. The highest BCUT2D eigenvalue weighted by molar-refractivity contribution is 5.76. The number of carbonyl (C=O) groups excluding carboxylic acids is 1. The predicted octanol–water partition coefficient (Wildman–Crippen LogP) is 15.7. The molecule has 7 atom stereocenters. The molecule has 1 aliphatic rings. The van der Waals surface area contributed by atoms with Crippen LogP contribution in [0.5, 0.6) is 0 Å². The van der Waals surface area contributed by atoms with Crippen molar-refractivity contribution in [2.75, 3.05) is 13.2 Å². The van der Waals surface area contributed by atoms with Crippen LogP contribution in [0.1, 0.15) is 290 Å². The lowest BCUT2D eigenvalue weighted by molar-refractivity contribution is -0.302. The Kier molecular flexibility index (Phi) is 49.8. The number of allylic oxidation sites excluding steroid dienone is 7. The Bertz CT molecular complexity index is 1270. The zero-order valence-electron chi connectivity index (χ0n) is 46.9. The van der Waals surface area contributed by atoms with Crippen molar-refractivity contribution in [1.82, 2.24) is 5.32 Å². The molecule has 0 spiro atoms. The number of ether oxygens (including phenoxy) is 2. The molecule has 1 fully saturated rings. The summed E-state index contributed by atoms with van der Waals surface area (Å²) in [6.45, 7) is 3.79. The van der Waals surface area contributed by atoms with Crippen molar-refractivity contribution in [1.29, 1.82) is 0 Å². The van der Waals surface area contributed by atoms with Gasteiger partial charge in [-0.2, -0.15) is 0 Å². The van der Waals surface area contributed by atoms with Crippen molar-refractivity contribution in [2.45, 2.75) is 333 Å². The van der Waals surface area contributed by atoms with Gasteiger partial charge in [-0.25, -0.2) is 0 Å². The maximum atomic E-state index is 13.1. The van der Waals surface area contributed by atoms with E-state index in [0.717, 1.165) is 44.9 Å². The molecule has 0 aromatic carbocycles. The van der Waals surface area contributed by atoms with Crippen molar-refractivity contribution in [2.24, 2.45) is 0 Å². The minimum atomic E-state index is -1.58. The molecule has 72 heavy (non-hydrogen) atoms. The van der Waals surface area contributed by atoms with E-state index < -0.39 is 49.5 Å². The highest BCUT2D eigenvalue weighted by Gasteiger charge is 2.44. The maximum Gasteiger partial charge on any atom is 0.220 e. The normalized spacial score (nSPS) is 19.5. The van der Waals surface area contributed by atoms with Gasteiger partial charge in [0.05, 0.1) is 25.4 Å². The molecule has 1 saturated heterocycles. The zero-order valence-corrected chi connectivity index (χ0v) is 46.9. The maximum absolute atomic E-state index is 13.1. The van der Waals surface area contributed by atoms with E-state index >= 15 is 0 Å². The number of rotatable bonds is 53. The van der Waals surface area contributed by atoms with Gasteiger partial charge in [0, 0.05) is 6.42 Å². The summed E-state index contributed by atoms with van der Waals surface area (Å²) in [7, 11) is 0. The number of amides is 1. The van der Waals surface area contributed by atoms with Gasteiger partial charge in [0.2, 0.25) is 5.91 Å². The van der Waals surface area contributed by atoms with Gasteiger partial charge in [-0.15, -0.1) is 0 Å². The minimum Gasteiger partial charge on any atom is -0.394 e. The second-order valence-electron chi connectivity index (χ2n) is 21.5. The van der Waals surface area contributed by atoms with Gasteiger partial charge in [-0.05, 0) is 70.6 Å². The fourth-order valence-corrected chi connectivity index (χ4v) is 9.72. The van der Waals surface area contributed by atoms with Gasteiger partial charge in [0.1, 0.15) is 24.4 Å². The molecule has 6 N–H and O–H groups in total. The molecule has 9 nitrogen and oxygen atoms in total. The summed E-state index contributed by atoms with van der Waals surface area (Å²) in [5.41, 5.74) is 0. The standard InChI is InChI=1S/C63H117NO8/c1-3-5-7-9-11-13-15-17-19-21-23-25-27-28-29-30-31-33-35-37-39-41-43-45-47-49-51-53-59(67)64-56(55-71-63-62(70)61(69)60(68)58(54-65)72-63)57(66)52-50-48-46-44-42-40-38-36-34-32-26-24-22-20-18-16-14-12-10-8-6-4-2/h21,23,34,36,42,44,50,52,56-58,60-63,65-66,68-70H,3-20,22,24-33,35,37-41,43,45-49,51,53-55H2,1-2H3,(H,64,67)/b23-21-,36-34+,44-42+,52-50+. The number of nitrogens with one attached hydrogen (secondary N) is 1. The van der Waals surface area contributed by atoms with Crippen LogP contribution >= 0.6 is 0 Å². The number of hydrogen-bond acceptors (Lipinski definition) is 8. The molecule has 1 amide bonds. The quantitative estimate of drug-likeness (QED) is 0.0261. The average Bonchev–Trinajstić information content (AvgIpc) is 3.38. The lowest BCUT2D eigenvalue weighted by Gasteiger charge is -2.40. The first-order valence-electron chi connectivity index (χ1n) is 30.9. The van der Waals surface area contributed by atoms with E-state index in [-0.39, 0.29) is 12.5 Å². The molecule has 1 heterocycles. The Morgan fingerprint density at radius 1 is 0.458 bits per heavy atom. The van der Waals surface area contributed by atoms with E-state index in [1.165, 1.54) is 225 Å². The average molecular weight is 1020 g/mol. The molecule has 422 valence electrons. The van der Waals surface area contributed by atoms with Gasteiger partial charge in [0.25, 0.3) is 0 Å². The molecule has 7 unspecified atom stereocenters. The Morgan fingerprint density at radius 3 is 1.17 bits per heavy atom. The highest BCUT2D eigenvalue weighted by Crippen LogP contribution is 2.23. The monoisotopic (exact) mass is 1020 g/mol. The van der Waals surface area contributed by atoms with Crippen molar-refractivity contribution < 1.29 is 39.8 Å². The van der Waals surface area contributed by atoms with E-state index in [4.69, 9.17) is 9.47 Å². The lowest BCUT2D eigenvalue weighted by Crippen LogP contribution is -2.60. The predicted molar refractivity (Wildman–Crippen MR) is 304 cm³/mol. The van der Waals surface area contributed by atoms with Crippen molar-refractivity contribution >= 4 is 5.91 Å². The van der Waals surface area contributed by atoms with E-state index in [1.54, 1.807) is 6.08 Å². The van der Waals surface area contributed by atoms with E-state index in [9.17, 15) is 30.3 Å². The largest absolute Gasteiger partial charge is 0.394 e. The number of hydrogen-bond donors (Lipinski definition) is 6. The summed E-state index contributed by atoms with van der Waals surface area (Å²) in [5, 5.41) is 54.6. The van der Waals surface area contributed by atoms with Crippen LogP contribution in [-0.2, 0) is 14.3 Å². The molecule has 0 saturated carbocycles. The molecule has 0 radical (unpaired) electrons. The Balaban J connectivity index is 2.22. The zero-order chi connectivity index (χ0) is 52.2. The minimum absolute atomic E-state index is 0.187. The van der Waals surface area contributed by atoms with E-state index in [2.05, 4.69) is 55.6 Å². The van der Waals surface area contributed by atoms with Crippen LogP contribution in [-0.4, -0.2) is 87.5 Å². The molecular formula is C63H117NO8. The molecular weight excluding hydrogens is 899 g/mol. The van der Waals surface area contributed by atoms with Gasteiger partial charge in [0.15, 0.2) is 6.29 Å². The van der Waals surface area contributed by atoms with Crippen LogP contribution in [0.15, 0.2) is 48.6 Å². The smallest absolute Gasteiger partial charge is 0.220 e. The van der Waals surface area contributed by atoms with Crippen LogP contribution in [0, 0.1) is 0 Å². The van der Waals surface area contributed by atoms with Gasteiger partial charge in [-0.3, -0.25) is 4.79 Å². The molecule has 1 rings (SSSR count). The van der Waals surface area contributed by atoms with Gasteiger partial charge in [-0.1, -0.05) is 262 Å². The molecule has 1 aliphatic heterocycles. The molecule has 0 aromatic heterocycles. The second kappa shape index (κ2) is 52.6. The summed E-state index contributed by atoms with van der Waals surface area (Å²) in [4.78, 5) is 13.1. The van der Waals surface area contributed by atoms with Crippen LogP contribution in [0.4, 0.5) is 0 Å². The first-order chi connectivity index (χ1) is 35.3. The van der Waals surface area contributed by atoms with Crippen LogP contribution in [0.3, 0.4) is 0 Å². The third kappa shape index (κ3) is 41.4. The lowest BCUT2D eigenvalue weighted by atomic mass is 9.99. The number of carbonyl (C=O) groups is 1. The van der Waals surface area contributed by atoms with Crippen molar-refractivity contribution in [3.8, 4) is 0 Å². The topological polar surface area (TPSA) is 149 Å². The van der Waals surface area contributed by atoms with Crippen molar-refractivity contribution in [3.05, 3.63) is 48.6 Å². The van der Waals surface area contributed by atoms with Gasteiger partial charge >= 0.3 is 0 Å². The molecule has 0 bridgehead atoms. The molecule has 0 aromatic rings. The third-order valence-corrected chi connectivity index (χ3v) is 14.6. The Morgan fingerprint density at radius 2 is 0.792 bits per heavy atom. The highest BCUT2D eigenvalue weighted by atomic mass is 16.7. The fourth-order valence-electron chi connectivity index (χ4n) is 9.72. The van der Waals surface area contributed by atoms with Gasteiger partial charge < -0.3 is 40.3 Å². The third-order valence-electron chi connectivity index (χ3n) is 14.6. The second-order valence-corrected chi connectivity index (χ2v) is 21.5. The summed E-state index contributed by atoms with van der Waals surface area (Å²) >= 11 is 0. The Hall–Kier alpha value is -1.85.